The number of nitrogens with zero attached hydrogens (tertiary/aromatic N) is 3. The van der Waals surface area contributed by atoms with Crippen molar-refractivity contribution in [2.24, 2.45) is 16.8 Å². The van der Waals surface area contributed by atoms with E-state index >= 15 is 0 Å². The van der Waals surface area contributed by atoms with Gasteiger partial charge < -0.3 is 16.3 Å². The third-order valence-corrected chi connectivity index (χ3v) is 5.49. The highest BCUT2D eigenvalue weighted by atomic mass is 35.5. The van der Waals surface area contributed by atoms with Crippen molar-refractivity contribution in [3.8, 4) is 24.0 Å². The first-order valence-corrected chi connectivity index (χ1v) is 11.8. The fraction of sp³-hybridized carbons (Fsp3) is 0.333. The van der Waals surface area contributed by atoms with Crippen LogP contribution < -0.4 is 17.0 Å². The molecule has 0 bridgehead atoms. The third kappa shape index (κ3) is 9.93. The Kier molecular flexibility index (Phi) is 14.8. The highest BCUT2D eigenvalue weighted by Gasteiger charge is 2.19. The number of pyridine rings is 1. The average Bonchev–Trinajstić information content (AvgIpc) is 2.89. The lowest BCUT2D eigenvalue weighted by Gasteiger charge is -2.31. The minimum atomic E-state index is 0.271. The van der Waals surface area contributed by atoms with Crippen molar-refractivity contribution in [3.63, 3.8) is 0 Å². The maximum atomic E-state index is 9.43. The van der Waals surface area contributed by atoms with Crippen LogP contribution in [0.2, 0.25) is 0 Å². The molecule has 188 valence electrons. The van der Waals surface area contributed by atoms with Crippen LogP contribution >= 0.6 is 11.6 Å². The quantitative estimate of drug-likeness (QED) is 0.115. The van der Waals surface area contributed by atoms with Gasteiger partial charge in [-0.1, -0.05) is 48.0 Å². The zero-order valence-corrected chi connectivity index (χ0v) is 21.2. The maximum Gasteiger partial charge on any atom is 0.146 e. The van der Waals surface area contributed by atoms with E-state index in [-0.39, 0.29) is 6.61 Å². The predicted octanol–water partition coefficient (Wildman–Crippen LogP) is 3.94. The molecule has 0 radical (unpaired) electrons. The Bertz CT molecular complexity index is 971. The standard InChI is InChI=1S/C22H29ClN6O.C3H6.C2H2/c23-8-2-9-26-22(28-25)20-11-19(12-27-21(20)24)18-6-4-16(5-7-18)13-29-10-1-3-17(14-29)15-30;1-3-2;1-2/h2,4-8,11-12,17,30H,1,3,9-10,13-15,25H2,(H2,24,27)(H,26,28);3H,1H2,2H3;1-2H/b8-2+;;. The zero-order valence-electron chi connectivity index (χ0n) is 20.4. The van der Waals surface area contributed by atoms with Crippen LogP contribution in [0.1, 0.15) is 30.9 Å². The van der Waals surface area contributed by atoms with E-state index in [2.05, 4.69) is 64.0 Å². The molecule has 1 aromatic carbocycles. The van der Waals surface area contributed by atoms with Crippen molar-refractivity contribution in [2.75, 3.05) is 32.0 Å². The van der Waals surface area contributed by atoms with E-state index in [1.165, 1.54) is 11.1 Å². The summed E-state index contributed by atoms with van der Waals surface area (Å²) in [7, 11) is 0. The first kappa shape index (κ1) is 29.9. The number of amidine groups is 1. The van der Waals surface area contributed by atoms with E-state index < -0.39 is 0 Å². The number of allylic oxidation sites excluding steroid dienone is 1. The Morgan fingerprint density at radius 3 is 2.63 bits per heavy atom. The molecule has 7 nitrogen and oxygen atoms in total. The number of benzene rings is 1. The number of nitrogens with one attached hydrogen (secondary N) is 1. The average molecular weight is 497 g/mol. The molecule has 8 heteroatoms. The van der Waals surface area contributed by atoms with E-state index in [1.807, 2.05) is 13.0 Å². The molecule has 2 aromatic rings. The van der Waals surface area contributed by atoms with Crippen LogP contribution in [0, 0.1) is 18.8 Å². The molecule has 6 N–H and O–H groups in total. The summed E-state index contributed by atoms with van der Waals surface area (Å²) in [5.74, 6) is 6.83. The molecule has 0 saturated carbocycles. The number of rotatable bonds is 7. The van der Waals surface area contributed by atoms with Gasteiger partial charge in [0.25, 0.3) is 0 Å². The molecule has 1 fully saturated rings. The number of aromatic nitrogens is 1. The zero-order chi connectivity index (χ0) is 26.1. The summed E-state index contributed by atoms with van der Waals surface area (Å²) in [6.07, 6.45) is 15.5. The third-order valence-electron chi connectivity index (χ3n) is 5.31. The summed E-state index contributed by atoms with van der Waals surface area (Å²) >= 11 is 5.55. The summed E-state index contributed by atoms with van der Waals surface area (Å²) in [5.41, 5.74) is 13.9. The number of hydrazine groups is 1. The number of hydrogen-bond acceptors (Lipinski definition) is 6. The van der Waals surface area contributed by atoms with Gasteiger partial charge in [0.05, 0.1) is 12.1 Å². The van der Waals surface area contributed by atoms with Gasteiger partial charge in [-0.15, -0.1) is 19.4 Å². The number of likely N-dealkylation sites (tertiary alicyclic amines) is 1. The fourth-order valence-corrected chi connectivity index (χ4v) is 3.80. The number of piperidine rings is 1. The number of aliphatic imine (C=N–C) groups is 1. The van der Waals surface area contributed by atoms with Crippen LogP contribution in [0.4, 0.5) is 5.82 Å². The molecular weight excluding hydrogens is 460 g/mol. The lowest BCUT2D eigenvalue weighted by molar-refractivity contribution is 0.116. The van der Waals surface area contributed by atoms with Gasteiger partial charge >= 0.3 is 0 Å². The van der Waals surface area contributed by atoms with E-state index in [9.17, 15) is 5.11 Å². The second-order valence-electron chi connectivity index (χ2n) is 7.88. The monoisotopic (exact) mass is 496 g/mol. The number of aliphatic hydroxyl groups is 1. The summed E-state index contributed by atoms with van der Waals surface area (Å²) in [6.45, 7) is 8.83. The molecule has 3 rings (SSSR count). The minimum Gasteiger partial charge on any atom is -0.396 e. The summed E-state index contributed by atoms with van der Waals surface area (Å²) in [4.78, 5) is 11.1. The molecule has 1 aliphatic rings. The second kappa shape index (κ2) is 17.3. The number of nitrogens with two attached hydrogens (primary N) is 2. The number of nitrogen functional groups attached to an aromatic ring is 1. The SMILES string of the molecule is C#C.C=CC.NNC(=NC/C=C/Cl)c1cc(-c2ccc(CN3CCCC(CO)C3)cc2)cnc1N. The van der Waals surface area contributed by atoms with E-state index in [0.29, 0.717) is 29.7 Å². The Morgan fingerprint density at radius 1 is 1.34 bits per heavy atom. The highest BCUT2D eigenvalue weighted by Crippen LogP contribution is 2.24. The summed E-state index contributed by atoms with van der Waals surface area (Å²) in [5, 5.41) is 9.43. The van der Waals surface area contributed by atoms with Gasteiger partial charge in [0.15, 0.2) is 0 Å². The largest absolute Gasteiger partial charge is 0.396 e. The van der Waals surface area contributed by atoms with Crippen molar-refractivity contribution in [3.05, 3.63) is 71.9 Å². The molecule has 1 unspecified atom stereocenters. The molecular formula is C27H37ClN6O. The van der Waals surface area contributed by atoms with Crippen molar-refractivity contribution >= 4 is 23.3 Å². The first-order chi connectivity index (χ1) is 17.1. The summed E-state index contributed by atoms with van der Waals surface area (Å²) < 4.78 is 0. The van der Waals surface area contributed by atoms with Crippen molar-refractivity contribution in [2.45, 2.75) is 26.3 Å². The lowest BCUT2D eigenvalue weighted by atomic mass is 9.98. The lowest BCUT2D eigenvalue weighted by Crippen LogP contribution is -2.36. The van der Waals surface area contributed by atoms with Crippen LogP contribution in [0.3, 0.4) is 0 Å². The van der Waals surface area contributed by atoms with Crippen molar-refractivity contribution in [1.29, 1.82) is 0 Å². The highest BCUT2D eigenvalue weighted by molar-refractivity contribution is 6.25. The molecule has 2 heterocycles. The summed E-state index contributed by atoms with van der Waals surface area (Å²) in [6, 6.07) is 10.4. The van der Waals surface area contributed by atoms with E-state index in [1.54, 1.807) is 18.3 Å². The van der Waals surface area contributed by atoms with Crippen molar-refractivity contribution in [1.82, 2.24) is 15.3 Å². The molecule has 0 amide bonds. The maximum absolute atomic E-state index is 9.43. The topological polar surface area (TPSA) is 113 Å². The fourth-order valence-electron chi connectivity index (χ4n) is 3.72. The predicted molar refractivity (Wildman–Crippen MR) is 149 cm³/mol. The van der Waals surface area contributed by atoms with Gasteiger partial charge in [0.2, 0.25) is 0 Å². The Labute approximate surface area is 214 Å². The van der Waals surface area contributed by atoms with Gasteiger partial charge in [0, 0.05) is 37.0 Å². The van der Waals surface area contributed by atoms with Crippen LogP contribution in [0.25, 0.3) is 11.1 Å². The minimum absolute atomic E-state index is 0.271. The van der Waals surface area contributed by atoms with Gasteiger partial charge in [-0.05, 0) is 49.4 Å². The first-order valence-electron chi connectivity index (χ1n) is 11.4. The number of hydrogen-bond donors (Lipinski definition) is 4. The number of terminal acetylenes is 1. The molecule has 1 aromatic heterocycles. The van der Waals surface area contributed by atoms with Crippen LogP contribution in [0.15, 0.2) is 65.8 Å². The molecule has 1 saturated heterocycles. The Hall–Kier alpha value is -3.15. The van der Waals surface area contributed by atoms with Crippen LogP contribution in [0.5, 0.6) is 0 Å². The van der Waals surface area contributed by atoms with Gasteiger partial charge in [-0.3, -0.25) is 9.89 Å². The van der Waals surface area contributed by atoms with E-state index in [4.69, 9.17) is 23.2 Å². The normalized spacial score (nSPS) is 15.9. The Morgan fingerprint density at radius 2 is 2.03 bits per heavy atom. The molecule has 0 spiro atoms. The van der Waals surface area contributed by atoms with Gasteiger partial charge in [-0.2, -0.15) is 0 Å². The number of aliphatic hydroxyl groups excluding tert-OH is 1. The van der Waals surface area contributed by atoms with Crippen LogP contribution in [-0.2, 0) is 6.54 Å². The van der Waals surface area contributed by atoms with Gasteiger partial charge in [0.1, 0.15) is 11.7 Å². The number of halogens is 1. The molecule has 1 aliphatic heterocycles. The molecule has 35 heavy (non-hydrogen) atoms. The Balaban J connectivity index is 0.00000114. The van der Waals surface area contributed by atoms with Gasteiger partial charge in [-0.25, -0.2) is 10.8 Å². The molecule has 1 atom stereocenters. The smallest absolute Gasteiger partial charge is 0.146 e. The van der Waals surface area contributed by atoms with Crippen molar-refractivity contribution < 1.29 is 5.11 Å². The van der Waals surface area contributed by atoms with E-state index in [0.717, 1.165) is 43.6 Å². The molecule has 0 aliphatic carbocycles. The second-order valence-corrected chi connectivity index (χ2v) is 8.14. The number of anilines is 1. The van der Waals surface area contributed by atoms with Crippen LogP contribution in [-0.4, -0.2) is 47.1 Å².